The Kier molecular flexibility index (Phi) is 3.63. The second-order valence-electron chi connectivity index (χ2n) is 8.36. The lowest BCUT2D eigenvalue weighted by Crippen LogP contribution is -1.98. The maximum Gasteiger partial charge on any atom is 0.0823 e. The molecule has 0 aliphatic rings. The molecule has 7 aromatic rings. The Labute approximate surface area is 195 Å². The Balaban J connectivity index is 1.96. The fraction of sp³-hybridized carbons (Fsp3) is 0.0741. The van der Waals surface area contributed by atoms with Crippen LogP contribution in [0.2, 0.25) is 0 Å². The first-order valence-corrected chi connectivity index (χ1v) is 13.7. The average Bonchev–Trinajstić information content (AvgIpc) is 3.14. The Bertz CT molecular complexity index is 1850. The number of hydrogen-bond donors (Lipinski definition) is 0. The van der Waals surface area contributed by atoms with Crippen molar-refractivity contribution in [2.45, 2.75) is 18.7 Å². The van der Waals surface area contributed by atoms with Gasteiger partial charge in [-0.1, -0.05) is 45.3 Å². The maximum atomic E-state index is 4.94. The largest absolute Gasteiger partial charge is 0.308 e. The second-order valence-corrected chi connectivity index (χ2v) is 10.3. The molecule has 0 bridgehead atoms. The normalized spacial score (nSPS) is 12.5. The van der Waals surface area contributed by atoms with Gasteiger partial charge in [0, 0.05) is 53.8 Å². The number of aryl methyl sites for hydroxylation is 2. The van der Waals surface area contributed by atoms with Crippen LogP contribution in [0.5, 0.6) is 0 Å². The van der Waals surface area contributed by atoms with E-state index in [2.05, 4.69) is 100 Å². The first-order valence-electron chi connectivity index (χ1n) is 10.4. The van der Waals surface area contributed by atoms with E-state index in [1.165, 1.54) is 70.3 Å². The molecule has 0 saturated heterocycles. The van der Waals surface area contributed by atoms with Crippen LogP contribution >= 0.6 is 30.1 Å². The lowest BCUT2D eigenvalue weighted by atomic mass is 9.95. The molecule has 0 radical (unpaired) electrons. The molecule has 3 aromatic heterocycles. The summed E-state index contributed by atoms with van der Waals surface area (Å²) in [5.74, 6) is 0. The van der Waals surface area contributed by atoms with Crippen molar-refractivity contribution in [1.82, 2.24) is 9.38 Å². The van der Waals surface area contributed by atoms with Gasteiger partial charge < -0.3 is 4.40 Å². The molecule has 7 rings (SSSR count). The molecule has 0 amide bonds. The maximum absolute atomic E-state index is 4.94. The first-order chi connectivity index (χ1) is 15.2. The predicted octanol–water partition coefficient (Wildman–Crippen LogP) is 8.60. The van der Waals surface area contributed by atoms with Gasteiger partial charge in [-0.15, -0.1) is 0 Å². The molecule has 0 N–H and O–H groups in total. The molecule has 0 atom stereocenters. The highest BCUT2D eigenvalue weighted by molar-refractivity contribution is 14.2. The SMILES string of the molecule is Cc1cccc2cc3c4nccc5cc(SI)c6c7ccccc7n(c3c(C)c12)c6c54. The third kappa shape index (κ3) is 2.17. The van der Waals surface area contributed by atoms with E-state index in [0.717, 1.165) is 5.52 Å². The number of para-hydroxylation sites is 1. The van der Waals surface area contributed by atoms with Crippen LogP contribution in [-0.2, 0) is 0 Å². The molecule has 4 aromatic carbocycles. The second kappa shape index (κ2) is 6.24. The summed E-state index contributed by atoms with van der Waals surface area (Å²) in [7, 11) is 1.80. The van der Waals surface area contributed by atoms with E-state index in [9.17, 15) is 0 Å². The van der Waals surface area contributed by atoms with E-state index >= 15 is 0 Å². The van der Waals surface area contributed by atoms with Crippen molar-refractivity contribution in [3.05, 3.63) is 78.0 Å². The van der Waals surface area contributed by atoms with Crippen molar-refractivity contribution < 1.29 is 0 Å². The van der Waals surface area contributed by atoms with E-state index in [1.54, 1.807) is 8.93 Å². The molecule has 2 nitrogen and oxygen atoms in total. The fourth-order valence-electron chi connectivity index (χ4n) is 5.62. The third-order valence-corrected chi connectivity index (χ3v) is 8.69. The summed E-state index contributed by atoms with van der Waals surface area (Å²) in [4.78, 5) is 6.25. The highest BCUT2D eigenvalue weighted by atomic mass is 127. The zero-order chi connectivity index (χ0) is 20.9. The van der Waals surface area contributed by atoms with Gasteiger partial charge in [0.05, 0.1) is 22.1 Å². The van der Waals surface area contributed by atoms with Crippen molar-refractivity contribution in [3.63, 3.8) is 0 Å². The van der Waals surface area contributed by atoms with Gasteiger partial charge in [0.2, 0.25) is 0 Å². The molecule has 0 aliphatic carbocycles. The van der Waals surface area contributed by atoms with Crippen LogP contribution in [0, 0.1) is 13.8 Å². The molecule has 0 unspecified atom stereocenters. The van der Waals surface area contributed by atoms with Crippen molar-refractivity contribution in [1.29, 1.82) is 0 Å². The zero-order valence-electron chi connectivity index (χ0n) is 17.0. The van der Waals surface area contributed by atoms with Gasteiger partial charge in [-0.2, -0.15) is 0 Å². The Morgan fingerprint density at radius 3 is 2.52 bits per heavy atom. The Hall–Kier alpha value is -2.57. The number of fused-ring (bicyclic) bond motifs is 7. The highest BCUT2D eigenvalue weighted by Crippen LogP contribution is 2.47. The minimum atomic E-state index is 1.10. The summed E-state index contributed by atoms with van der Waals surface area (Å²) in [5.41, 5.74) is 7.58. The van der Waals surface area contributed by atoms with Crippen molar-refractivity contribution in [2.24, 2.45) is 0 Å². The van der Waals surface area contributed by atoms with Gasteiger partial charge in [0.25, 0.3) is 0 Å². The number of nitrogens with zero attached hydrogens (tertiary/aromatic N) is 2. The number of benzene rings is 4. The van der Waals surface area contributed by atoms with Gasteiger partial charge in [0.15, 0.2) is 0 Å². The summed E-state index contributed by atoms with van der Waals surface area (Å²) < 4.78 is 2.51. The van der Waals surface area contributed by atoms with Crippen molar-refractivity contribution in [2.75, 3.05) is 0 Å². The van der Waals surface area contributed by atoms with Crippen LogP contribution in [0.1, 0.15) is 11.1 Å². The minimum Gasteiger partial charge on any atom is -0.308 e. The summed E-state index contributed by atoms with van der Waals surface area (Å²) >= 11 is 2.42. The molecule has 31 heavy (non-hydrogen) atoms. The predicted molar refractivity (Wildman–Crippen MR) is 143 cm³/mol. The Morgan fingerprint density at radius 2 is 1.65 bits per heavy atom. The number of pyridine rings is 2. The third-order valence-electron chi connectivity index (χ3n) is 6.78. The summed E-state index contributed by atoms with van der Waals surface area (Å²) in [6, 6.07) is 22.2. The van der Waals surface area contributed by atoms with Gasteiger partial charge in [0.1, 0.15) is 0 Å². The summed E-state index contributed by atoms with van der Waals surface area (Å²) in [5, 5.41) is 9.03. The molecule has 0 fully saturated rings. The molecule has 0 saturated carbocycles. The standard InChI is InChI=1S/C27H17IN2S/c1-14-6-5-7-16-12-19-25-23-17(10-11-29-25)13-21(31-28)24-18-8-3-4-9-20(18)30(27(23)24)26(19)15(2)22(14)16/h3-13H,1-2H3. The summed E-state index contributed by atoms with van der Waals surface area (Å²) in [6.07, 6.45) is 1.96. The number of halogens is 1. The van der Waals surface area contributed by atoms with Gasteiger partial charge in [-0.25, -0.2) is 0 Å². The molecule has 3 heterocycles. The van der Waals surface area contributed by atoms with Crippen molar-refractivity contribution >= 4 is 89.9 Å². The van der Waals surface area contributed by atoms with Crippen molar-refractivity contribution in [3.8, 4) is 0 Å². The van der Waals surface area contributed by atoms with Crippen LogP contribution in [0.25, 0.3) is 59.8 Å². The average molecular weight is 528 g/mol. The lowest BCUT2D eigenvalue weighted by Gasteiger charge is -2.17. The molecule has 0 spiro atoms. The van der Waals surface area contributed by atoms with E-state index in [0.29, 0.717) is 0 Å². The van der Waals surface area contributed by atoms with Crippen LogP contribution in [0.15, 0.2) is 71.8 Å². The van der Waals surface area contributed by atoms with Gasteiger partial charge in [-0.3, -0.25) is 4.98 Å². The molecular formula is C27H17IN2S. The van der Waals surface area contributed by atoms with Crippen LogP contribution in [-0.4, -0.2) is 9.38 Å². The smallest absolute Gasteiger partial charge is 0.0823 e. The van der Waals surface area contributed by atoms with Crippen LogP contribution in [0.3, 0.4) is 0 Å². The van der Waals surface area contributed by atoms with E-state index in [-0.39, 0.29) is 0 Å². The molecule has 148 valence electrons. The van der Waals surface area contributed by atoms with Crippen LogP contribution in [0.4, 0.5) is 0 Å². The van der Waals surface area contributed by atoms with E-state index < -0.39 is 0 Å². The van der Waals surface area contributed by atoms with Gasteiger partial charge in [-0.05, 0) is 65.4 Å². The topological polar surface area (TPSA) is 17.3 Å². The minimum absolute atomic E-state index is 1.10. The summed E-state index contributed by atoms with van der Waals surface area (Å²) in [6.45, 7) is 4.49. The quantitative estimate of drug-likeness (QED) is 0.121. The molecule has 4 heteroatoms. The number of aromatic nitrogens is 2. The zero-order valence-corrected chi connectivity index (χ0v) is 20.0. The van der Waals surface area contributed by atoms with E-state index in [4.69, 9.17) is 4.98 Å². The number of rotatable bonds is 1. The van der Waals surface area contributed by atoms with Crippen LogP contribution < -0.4 is 0 Å². The highest BCUT2D eigenvalue weighted by Gasteiger charge is 2.23. The number of hydrogen-bond acceptors (Lipinski definition) is 2. The molecule has 0 aliphatic heterocycles. The lowest BCUT2D eigenvalue weighted by molar-refractivity contribution is 1.31. The Morgan fingerprint density at radius 1 is 0.806 bits per heavy atom. The van der Waals surface area contributed by atoms with E-state index in [1.807, 2.05) is 6.20 Å². The monoisotopic (exact) mass is 528 g/mol. The molecular weight excluding hydrogens is 511 g/mol. The fourth-order valence-corrected chi connectivity index (χ4v) is 7.12. The van der Waals surface area contributed by atoms with Gasteiger partial charge >= 0.3 is 0 Å². The first kappa shape index (κ1) is 18.0.